The molecule has 154 valence electrons. The number of rotatable bonds is 4. The summed E-state index contributed by atoms with van der Waals surface area (Å²) in [4.78, 5) is 53.6. The number of anilines is 1. The molecule has 7 nitrogen and oxygen atoms in total. The highest BCUT2D eigenvalue weighted by molar-refractivity contribution is 6.22. The number of nitrogens with zero attached hydrogens (tertiary/aromatic N) is 2. The zero-order valence-corrected chi connectivity index (χ0v) is 17.0. The number of hydrogen-bond acceptors (Lipinski definition) is 5. The van der Waals surface area contributed by atoms with Crippen molar-refractivity contribution in [3.05, 3.63) is 65.7 Å². The number of ether oxygens (including phenoxy) is 1. The zero-order chi connectivity index (χ0) is 21.6. The van der Waals surface area contributed by atoms with Crippen LogP contribution in [0, 0.1) is 5.41 Å². The Kier molecular flexibility index (Phi) is 4.68. The number of hydrogen-bond donors (Lipinski definition) is 0. The summed E-state index contributed by atoms with van der Waals surface area (Å²) < 4.78 is 5.58. The van der Waals surface area contributed by atoms with E-state index in [2.05, 4.69) is 0 Å². The van der Waals surface area contributed by atoms with E-state index < -0.39 is 35.3 Å². The average Bonchev–Trinajstić information content (AvgIpc) is 3.13. The molecule has 2 aromatic carbocycles. The smallest absolute Gasteiger partial charge is 0.329 e. The number of benzene rings is 2. The molecule has 2 atom stereocenters. The topological polar surface area (TPSA) is 84.0 Å². The van der Waals surface area contributed by atoms with Gasteiger partial charge in [-0.05, 0) is 31.2 Å². The molecular weight excluding hydrogens is 384 g/mol. The summed E-state index contributed by atoms with van der Waals surface area (Å²) in [6, 6.07) is 14.4. The van der Waals surface area contributed by atoms with Gasteiger partial charge in [0.25, 0.3) is 17.7 Å². The maximum Gasteiger partial charge on any atom is 0.329 e. The fraction of sp³-hybridized carbons (Fsp3) is 0.304. The van der Waals surface area contributed by atoms with Crippen molar-refractivity contribution in [2.75, 3.05) is 11.4 Å². The van der Waals surface area contributed by atoms with Crippen LogP contribution in [0.25, 0.3) is 0 Å². The molecule has 2 heterocycles. The summed E-state index contributed by atoms with van der Waals surface area (Å²) in [6.07, 6.45) is -1.01. The highest BCUT2D eigenvalue weighted by Crippen LogP contribution is 2.36. The first-order valence-corrected chi connectivity index (χ1v) is 9.76. The molecule has 0 bridgehead atoms. The zero-order valence-electron chi connectivity index (χ0n) is 17.0. The molecule has 0 aromatic heterocycles. The van der Waals surface area contributed by atoms with Crippen molar-refractivity contribution in [1.82, 2.24) is 4.90 Å². The predicted molar refractivity (Wildman–Crippen MR) is 109 cm³/mol. The maximum absolute atomic E-state index is 13.0. The van der Waals surface area contributed by atoms with Gasteiger partial charge in [-0.2, -0.15) is 0 Å². The maximum atomic E-state index is 13.0. The molecule has 0 saturated carbocycles. The molecule has 2 aromatic rings. The van der Waals surface area contributed by atoms with Crippen LogP contribution in [0.3, 0.4) is 0 Å². The van der Waals surface area contributed by atoms with E-state index in [-0.39, 0.29) is 17.0 Å². The van der Waals surface area contributed by atoms with E-state index in [1.807, 2.05) is 44.2 Å². The lowest BCUT2D eigenvalue weighted by molar-refractivity contribution is -0.161. The second-order valence-corrected chi connectivity index (χ2v) is 8.27. The standard InChI is InChI=1S/C23H22N2O5/c1-14(25-19(26)16-11-7-8-12-17(16)20(25)27)22(29)30-18-21(28)24(13-23(18,2)3)15-9-5-4-6-10-15/h4-12,14,18H,13H2,1-3H3/t14-,18+/m1/s1. The van der Waals surface area contributed by atoms with E-state index in [0.29, 0.717) is 6.54 Å². The third-order valence-corrected chi connectivity index (χ3v) is 5.62. The molecule has 1 fully saturated rings. The Balaban J connectivity index is 1.53. The minimum Gasteiger partial charge on any atom is -0.450 e. The van der Waals surface area contributed by atoms with Gasteiger partial charge in [0.1, 0.15) is 6.04 Å². The number of esters is 1. The Morgan fingerprint density at radius 1 is 0.967 bits per heavy atom. The van der Waals surface area contributed by atoms with Crippen molar-refractivity contribution < 1.29 is 23.9 Å². The van der Waals surface area contributed by atoms with Gasteiger partial charge in [-0.25, -0.2) is 4.79 Å². The summed E-state index contributed by atoms with van der Waals surface area (Å²) in [5.41, 5.74) is 0.608. The molecule has 0 aliphatic carbocycles. The van der Waals surface area contributed by atoms with Crippen LogP contribution in [0.4, 0.5) is 5.69 Å². The minimum atomic E-state index is -1.15. The number of para-hydroxylation sites is 1. The molecule has 0 N–H and O–H groups in total. The number of amides is 3. The number of carbonyl (C=O) groups is 4. The fourth-order valence-electron chi connectivity index (χ4n) is 3.96. The number of carbonyl (C=O) groups excluding carboxylic acids is 4. The summed E-state index contributed by atoms with van der Waals surface area (Å²) in [5, 5.41) is 0. The van der Waals surface area contributed by atoms with Gasteiger partial charge in [-0.1, -0.05) is 44.2 Å². The van der Waals surface area contributed by atoms with Crippen molar-refractivity contribution in [2.24, 2.45) is 5.41 Å². The van der Waals surface area contributed by atoms with Crippen molar-refractivity contribution in [3.8, 4) is 0 Å². The Morgan fingerprint density at radius 3 is 2.07 bits per heavy atom. The molecule has 0 radical (unpaired) electrons. The van der Waals surface area contributed by atoms with Gasteiger partial charge in [0, 0.05) is 17.6 Å². The minimum absolute atomic E-state index is 0.259. The van der Waals surface area contributed by atoms with E-state index in [4.69, 9.17) is 4.74 Å². The Hall–Kier alpha value is -3.48. The first-order valence-electron chi connectivity index (χ1n) is 9.76. The van der Waals surface area contributed by atoms with Crippen molar-refractivity contribution in [2.45, 2.75) is 32.9 Å². The van der Waals surface area contributed by atoms with Crippen LogP contribution in [0.2, 0.25) is 0 Å². The monoisotopic (exact) mass is 406 g/mol. The van der Waals surface area contributed by atoms with Crippen LogP contribution in [0.15, 0.2) is 54.6 Å². The van der Waals surface area contributed by atoms with Gasteiger partial charge in [0.2, 0.25) is 0 Å². The molecule has 2 aliphatic rings. The number of imide groups is 1. The van der Waals surface area contributed by atoms with Crippen LogP contribution in [-0.2, 0) is 14.3 Å². The lowest BCUT2D eigenvalue weighted by Gasteiger charge is -2.27. The molecule has 3 amide bonds. The highest BCUT2D eigenvalue weighted by Gasteiger charge is 2.51. The van der Waals surface area contributed by atoms with Crippen LogP contribution >= 0.6 is 0 Å². The number of fused-ring (bicyclic) bond motifs is 1. The molecule has 4 rings (SSSR count). The van der Waals surface area contributed by atoms with Crippen LogP contribution in [0.1, 0.15) is 41.5 Å². The van der Waals surface area contributed by atoms with E-state index >= 15 is 0 Å². The van der Waals surface area contributed by atoms with Crippen LogP contribution < -0.4 is 4.90 Å². The van der Waals surface area contributed by atoms with E-state index in [0.717, 1.165) is 10.6 Å². The summed E-state index contributed by atoms with van der Waals surface area (Å²) in [7, 11) is 0. The van der Waals surface area contributed by atoms with E-state index in [1.54, 1.807) is 29.2 Å². The fourth-order valence-corrected chi connectivity index (χ4v) is 3.96. The Morgan fingerprint density at radius 2 is 1.50 bits per heavy atom. The van der Waals surface area contributed by atoms with E-state index in [9.17, 15) is 19.2 Å². The Labute approximate surface area is 174 Å². The molecule has 1 saturated heterocycles. The van der Waals surface area contributed by atoms with Crippen LogP contribution in [0.5, 0.6) is 0 Å². The first kappa shape index (κ1) is 19.8. The molecule has 2 aliphatic heterocycles. The van der Waals surface area contributed by atoms with Gasteiger partial charge in [0.05, 0.1) is 11.1 Å². The van der Waals surface area contributed by atoms with E-state index in [1.165, 1.54) is 6.92 Å². The normalized spacial score (nSPS) is 21.0. The molecule has 7 heteroatoms. The molecule has 30 heavy (non-hydrogen) atoms. The average molecular weight is 406 g/mol. The summed E-state index contributed by atoms with van der Waals surface area (Å²) in [6.45, 7) is 5.51. The van der Waals surface area contributed by atoms with Gasteiger partial charge in [-0.3, -0.25) is 19.3 Å². The summed E-state index contributed by atoms with van der Waals surface area (Å²) in [5.74, 6) is -2.19. The van der Waals surface area contributed by atoms with Gasteiger partial charge >= 0.3 is 5.97 Å². The Bertz CT molecular complexity index is 1010. The third kappa shape index (κ3) is 3.07. The molecular formula is C23H22N2O5. The summed E-state index contributed by atoms with van der Waals surface area (Å²) >= 11 is 0. The SMILES string of the molecule is C[C@H](C(=O)O[C@H]1C(=O)N(c2ccccc2)CC1(C)C)N1C(=O)c2ccccc2C1=O. The lowest BCUT2D eigenvalue weighted by Crippen LogP contribution is -2.47. The first-order chi connectivity index (χ1) is 14.2. The highest BCUT2D eigenvalue weighted by atomic mass is 16.6. The third-order valence-electron chi connectivity index (χ3n) is 5.62. The van der Waals surface area contributed by atoms with Gasteiger partial charge in [-0.15, -0.1) is 0 Å². The van der Waals surface area contributed by atoms with Gasteiger partial charge in [0.15, 0.2) is 6.10 Å². The second kappa shape index (κ2) is 7.09. The second-order valence-electron chi connectivity index (χ2n) is 8.27. The molecule has 0 unspecified atom stereocenters. The van der Waals surface area contributed by atoms with Crippen molar-refractivity contribution in [1.29, 1.82) is 0 Å². The quantitative estimate of drug-likeness (QED) is 0.576. The van der Waals surface area contributed by atoms with Crippen molar-refractivity contribution in [3.63, 3.8) is 0 Å². The predicted octanol–water partition coefficient (Wildman–Crippen LogP) is 2.66. The van der Waals surface area contributed by atoms with Crippen molar-refractivity contribution >= 4 is 29.4 Å². The molecule has 0 spiro atoms. The lowest BCUT2D eigenvalue weighted by atomic mass is 9.89. The van der Waals surface area contributed by atoms with Crippen LogP contribution in [-0.4, -0.2) is 47.3 Å². The van der Waals surface area contributed by atoms with Gasteiger partial charge < -0.3 is 9.64 Å². The largest absolute Gasteiger partial charge is 0.450 e.